The van der Waals surface area contributed by atoms with Crippen LogP contribution in [-0.2, 0) is 16.4 Å². The van der Waals surface area contributed by atoms with E-state index in [1.54, 1.807) is 37.3 Å². The first kappa shape index (κ1) is 21.1. The molecular weight excluding hydrogens is 454 g/mol. The maximum absolute atomic E-state index is 12.9. The van der Waals surface area contributed by atoms with E-state index in [1.165, 1.54) is 12.1 Å². The standard InChI is InChI=1S/C22H20BrNO4S/c1-15-10-11-18(29(2,26)27)13-20(15)24-22(25)19-8-3-4-9-21(19)28-14-16-6-5-7-17(23)12-16/h3-13H,14H2,1-2H3,(H,24,25). The van der Waals surface area contributed by atoms with Crippen molar-refractivity contribution in [2.75, 3.05) is 11.6 Å². The molecule has 0 heterocycles. The Morgan fingerprint density at radius 2 is 1.79 bits per heavy atom. The van der Waals surface area contributed by atoms with Gasteiger partial charge in [0.15, 0.2) is 9.84 Å². The van der Waals surface area contributed by atoms with Crippen LogP contribution in [0.25, 0.3) is 0 Å². The number of ether oxygens (including phenoxy) is 1. The molecule has 0 bridgehead atoms. The smallest absolute Gasteiger partial charge is 0.259 e. The zero-order valence-corrected chi connectivity index (χ0v) is 18.4. The maximum Gasteiger partial charge on any atom is 0.259 e. The second-order valence-corrected chi connectivity index (χ2v) is 9.55. The van der Waals surface area contributed by atoms with E-state index in [1.807, 2.05) is 24.3 Å². The Morgan fingerprint density at radius 1 is 1.03 bits per heavy atom. The fourth-order valence-corrected chi connectivity index (χ4v) is 3.82. The fraction of sp³-hybridized carbons (Fsp3) is 0.136. The molecule has 150 valence electrons. The van der Waals surface area contributed by atoms with Gasteiger partial charge in [-0.15, -0.1) is 0 Å². The van der Waals surface area contributed by atoms with Crippen molar-refractivity contribution in [2.45, 2.75) is 18.4 Å². The third-order valence-corrected chi connectivity index (χ3v) is 5.90. The Balaban J connectivity index is 1.82. The van der Waals surface area contributed by atoms with Crippen LogP contribution in [0.15, 0.2) is 76.1 Å². The number of aryl methyl sites for hydroxylation is 1. The normalized spacial score (nSPS) is 11.1. The van der Waals surface area contributed by atoms with Gasteiger partial charge in [0.05, 0.1) is 10.5 Å². The van der Waals surface area contributed by atoms with E-state index >= 15 is 0 Å². The minimum Gasteiger partial charge on any atom is -0.488 e. The van der Waals surface area contributed by atoms with Crippen molar-refractivity contribution in [1.82, 2.24) is 0 Å². The van der Waals surface area contributed by atoms with E-state index in [-0.39, 0.29) is 10.8 Å². The minimum absolute atomic E-state index is 0.151. The van der Waals surface area contributed by atoms with Gasteiger partial charge in [0.25, 0.3) is 5.91 Å². The maximum atomic E-state index is 12.9. The Bertz CT molecular complexity index is 1160. The molecule has 0 aliphatic carbocycles. The number of benzene rings is 3. The molecule has 1 amide bonds. The number of anilines is 1. The van der Waals surface area contributed by atoms with Gasteiger partial charge in [-0.2, -0.15) is 0 Å². The van der Waals surface area contributed by atoms with Crippen LogP contribution in [0.1, 0.15) is 21.5 Å². The number of hydrogen-bond donors (Lipinski definition) is 1. The van der Waals surface area contributed by atoms with Gasteiger partial charge in [-0.1, -0.05) is 46.3 Å². The molecule has 3 aromatic rings. The van der Waals surface area contributed by atoms with Crippen LogP contribution in [0.4, 0.5) is 5.69 Å². The number of halogens is 1. The lowest BCUT2D eigenvalue weighted by Crippen LogP contribution is -2.15. The first-order valence-electron chi connectivity index (χ1n) is 8.82. The Kier molecular flexibility index (Phi) is 6.39. The summed E-state index contributed by atoms with van der Waals surface area (Å²) in [4.78, 5) is 13.0. The quantitative estimate of drug-likeness (QED) is 0.546. The molecule has 0 unspecified atom stereocenters. The third kappa shape index (κ3) is 5.46. The summed E-state index contributed by atoms with van der Waals surface area (Å²) in [5, 5.41) is 2.80. The summed E-state index contributed by atoms with van der Waals surface area (Å²) in [6.45, 7) is 2.11. The van der Waals surface area contributed by atoms with Gasteiger partial charge in [-0.3, -0.25) is 4.79 Å². The Hall–Kier alpha value is -2.64. The number of hydrogen-bond acceptors (Lipinski definition) is 4. The molecule has 7 heteroatoms. The second-order valence-electron chi connectivity index (χ2n) is 6.62. The number of amides is 1. The summed E-state index contributed by atoms with van der Waals surface area (Å²) < 4.78 is 30.4. The highest BCUT2D eigenvalue weighted by Gasteiger charge is 2.15. The number of carbonyl (C=O) groups excluding carboxylic acids is 1. The first-order chi connectivity index (χ1) is 13.7. The molecule has 0 aliphatic heterocycles. The average molecular weight is 474 g/mol. The summed E-state index contributed by atoms with van der Waals surface area (Å²) in [5.74, 6) is 0.0745. The molecule has 0 aliphatic rings. The molecule has 3 aromatic carbocycles. The van der Waals surface area contributed by atoms with Gasteiger partial charge in [0, 0.05) is 16.4 Å². The summed E-state index contributed by atoms with van der Waals surface area (Å²) in [6, 6.07) is 19.3. The summed E-state index contributed by atoms with van der Waals surface area (Å²) >= 11 is 3.43. The molecule has 5 nitrogen and oxygen atoms in total. The van der Waals surface area contributed by atoms with Crippen LogP contribution < -0.4 is 10.1 Å². The van der Waals surface area contributed by atoms with Crippen molar-refractivity contribution in [3.05, 3.63) is 87.9 Å². The second kappa shape index (κ2) is 8.80. The van der Waals surface area contributed by atoms with Gasteiger partial charge in [0.1, 0.15) is 12.4 Å². The van der Waals surface area contributed by atoms with Crippen LogP contribution in [0.2, 0.25) is 0 Å². The van der Waals surface area contributed by atoms with E-state index in [2.05, 4.69) is 21.2 Å². The summed E-state index contributed by atoms with van der Waals surface area (Å²) in [6.07, 6.45) is 1.13. The molecule has 0 fully saturated rings. The van der Waals surface area contributed by atoms with Crippen molar-refractivity contribution in [3.8, 4) is 5.75 Å². The number of sulfone groups is 1. The van der Waals surface area contributed by atoms with Gasteiger partial charge >= 0.3 is 0 Å². The minimum atomic E-state index is -3.37. The van der Waals surface area contributed by atoms with Crippen molar-refractivity contribution in [2.24, 2.45) is 0 Å². The topological polar surface area (TPSA) is 72.5 Å². The lowest BCUT2D eigenvalue weighted by atomic mass is 10.1. The van der Waals surface area contributed by atoms with Crippen LogP contribution in [0.3, 0.4) is 0 Å². The Labute approximate surface area is 178 Å². The van der Waals surface area contributed by atoms with Crippen LogP contribution in [0, 0.1) is 6.92 Å². The molecule has 0 spiro atoms. The molecule has 0 radical (unpaired) electrons. The Morgan fingerprint density at radius 3 is 2.52 bits per heavy atom. The predicted molar refractivity (Wildman–Crippen MR) is 117 cm³/mol. The molecule has 3 rings (SSSR count). The number of para-hydroxylation sites is 1. The summed E-state index contributed by atoms with van der Waals surface area (Å²) in [7, 11) is -3.37. The average Bonchev–Trinajstić information content (AvgIpc) is 2.67. The van der Waals surface area contributed by atoms with E-state index in [9.17, 15) is 13.2 Å². The molecule has 0 saturated carbocycles. The number of carbonyl (C=O) groups is 1. The van der Waals surface area contributed by atoms with E-state index < -0.39 is 9.84 Å². The van der Waals surface area contributed by atoms with Crippen molar-refractivity contribution < 1.29 is 17.9 Å². The zero-order chi connectivity index (χ0) is 21.0. The van der Waals surface area contributed by atoms with E-state index in [0.717, 1.165) is 21.9 Å². The third-order valence-electron chi connectivity index (χ3n) is 4.30. The van der Waals surface area contributed by atoms with Crippen molar-refractivity contribution in [1.29, 1.82) is 0 Å². The van der Waals surface area contributed by atoms with Crippen LogP contribution >= 0.6 is 15.9 Å². The molecule has 1 N–H and O–H groups in total. The largest absolute Gasteiger partial charge is 0.488 e. The molecule has 0 atom stereocenters. The summed E-state index contributed by atoms with van der Waals surface area (Å²) in [5.41, 5.74) is 2.54. The van der Waals surface area contributed by atoms with Crippen LogP contribution in [-0.4, -0.2) is 20.6 Å². The monoisotopic (exact) mass is 473 g/mol. The van der Waals surface area contributed by atoms with Gasteiger partial charge in [0.2, 0.25) is 0 Å². The first-order valence-corrected chi connectivity index (χ1v) is 11.5. The molecular formula is C22H20BrNO4S. The van der Waals surface area contributed by atoms with E-state index in [4.69, 9.17) is 4.74 Å². The lowest BCUT2D eigenvalue weighted by molar-refractivity contribution is 0.102. The van der Waals surface area contributed by atoms with Gasteiger partial charge in [-0.05, 0) is 54.4 Å². The highest BCUT2D eigenvalue weighted by molar-refractivity contribution is 9.10. The number of nitrogens with one attached hydrogen (secondary N) is 1. The fourth-order valence-electron chi connectivity index (χ4n) is 2.72. The molecule has 0 aromatic heterocycles. The lowest BCUT2D eigenvalue weighted by Gasteiger charge is -2.14. The highest BCUT2D eigenvalue weighted by Crippen LogP contribution is 2.24. The van der Waals surface area contributed by atoms with Gasteiger partial charge in [-0.25, -0.2) is 8.42 Å². The number of rotatable bonds is 6. The molecule has 29 heavy (non-hydrogen) atoms. The zero-order valence-electron chi connectivity index (χ0n) is 16.0. The van der Waals surface area contributed by atoms with E-state index in [0.29, 0.717) is 23.6 Å². The van der Waals surface area contributed by atoms with Gasteiger partial charge < -0.3 is 10.1 Å². The van der Waals surface area contributed by atoms with Crippen LogP contribution in [0.5, 0.6) is 5.75 Å². The van der Waals surface area contributed by atoms with Crippen molar-refractivity contribution in [3.63, 3.8) is 0 Å². The highest BCUT2D eigenvalue weighted by atomic mass is 79.9. The SMILES string of the molecule is Cc1ccc(S(C)(=O)=O)cc1NC(=O)c1ccccc1OCc1cccc(Br)c1. The molecule has 0 saturated heterocycles. The predicted octanol–water partition coefficient (Wildman–Crippen LogP) is 4.99. The van der Waals surface area contributed by atoms with Crippen molar-refractivity contribution >= 4 is 37.4 Å².